The van der Waals surface area contributed by atoms with Crippen LogP contribution in [0.3, 0.4) is 0 Å². The van der Waals surface area contributed by atoms with E-state index in [0.717, 1.165) is 29.8 Å². The van der Waals surface area contributed by atoms with Gasteiger partial charge in [0.2, 0.25) is 0 Å². The van der Waals surface area contributed by atoms with Gasteiger partial charge in [0.05, 0.1) is 0 Å². The molecule has 1 unspecified atom stereocenters. The molecule has 1 aliphatic rings. The number of hydrogen-bond donors (Lipinski definition) is 2. The monoisotopic (exact) mass is 335 g/mol. The van der Waals surface area contributed by atoms with Gasteiger partial charge in [-0.3, -0.25) is 4.79 Å². The predicted molar refractivity (Wildman–Crippen MR) is 98.4 cm³/mol. The number of unbranched alkanes of at least 4 members (excludes halogenated alkanes) is 3. The van der Waals surface area contributed by atoms with Crippen molar-refractivity contribution in [2.75, 3.05) is 5.32 Å². The molecule has 0 spiro atoms. The quantitative estimate of drug-likeness (QED) is 0.434. The highest BCUT2D eigenvalue weighted by Crippen LogP contribution is 2.29. The van der Waals surface area contributed by atoms with Gasteiger partial charge in [-0.25, -0.2) is 0 Å². The maximum absolute atomic E-state index is 11.4. The largest absolute Gasteiger partial charge is 0.480 e. The lowest BCUT2D eigenvalue weighted by atomic mass is 10.1. The van der Waals surface area contributed by atoms with Crippen LogP contribution in [0.5, 0.6) is 0 Å². The van der Waals surface area contributed by atoms with Gasteiger partial charge < -0.3 is 10.4 Å². The van der Waals surface area contributed by atoms with Crippen LogP contribution in [-0.2, 0) is 4.79 Å². The van der Waals surface area contributed by atoms with Crippen LogP contribution in [0.4, 0.5) is 5.69 Å². The summed E-state index contributed by atoms with van der Waals surface area (Å²) < 4.78 is 0. The maximum Gasteiger partial charge on any atom is 0.316 e. The third-order valence-electron chi connectivity index (χ3n) is 4.45. The molecular formula is C19H29NO2S. The number of carbonyl (C=O) groups is 1. The van der Waals surface area contributed by atoms with Crippen LogP contribution >= 0.6 is 11.8 Å². The lowest BCUT2D eigenvalue weighted by Gasteiger charge is -2.15. The summed E-state index contributed by atoms with van der Waals surface area (Å²) in [5, 5.41) is 12.6. The Bertz CT molecular complexity index is 469. The van der Waals surface area contributed by atoms with E-state index in [0.29, 0.717) is 6.04 Å². The molecule has 1 aliphatic carbocycles. The highest BCUT2D eigenvalue weighted by Gasteiger charge is 2.18. The van der Waals surface area contributed by atoms with E-state index >= 15 is 0 Å². The molecule has 1 aromatic rings. The van der Waals surface area contributed by atoms with E-state index in [1.54, 1.807) is 0 Å². The highest BCUT2D eigenvalue weighted by atomic mass is 32.2. The first-order valence-electron chi connectivity index (χ1n) is 8.95. The molecule has 3 nitrogen and oxygen atoms in total. The maximum atomic E-state index is 11.4. The van der Waals surface area contributed by atoms with Crippen LogP contribution in [0.1, 0.15) is 64.7 Å². The number of anilines is 1. The van der Waals surface area contributed by atoms with Crippen molar-refractivity contribution in [3.63, 3.8) is 0 Å². The molecule has 0 heterocycles. The van der Waals surface area contributed by atoms with Crippen molar-refractivity contribution in [3.8, 4) is 0 Å². The second-order valence-electron chi connectivity index (χ2n) is 6.44. The fourth-order valence-corrected chi connectivity index (χ4v) is 4.10. The molecule has 1 aromatic carbocycles. The summed E-state index contributed by atoms with van der Waals surface area (Å²) in [4.78, 5) is 12.5. The number of carboxylic acid groups (broad SMARTS) is 1. The molecule has 0 aromatic heterocycles. The van der Waals surface area contributed by atoms with Gasteiger partial charge in [-0.2, -0.15) is 0 Å². The van der Waals surface area contributed by atoms with Gasteiger partial charge >= 0.3 is 5.97 Å². The molecular weight excluding hydrogens is 306 g/mol. The number of benzene rings is 1. The average Bonchev–Trinajstić information content (AvgIpc) is 3.05. The first kappa shape index (κ1) is 18.2. The number of rotatable bonds is 10. The molecule has 0 bridgehead atoms. The van der Waals surface area contributed by atoms with Crippen LogP contribution in [-0.4, -0.2) is 22.4 Å². The first-order chi connectivity index (χ1) is 11.2. The molecule has 0 aliphatic heterocycles. The Hall–Kier alpha value is -1.16. The van der Waals surface area contributed by atoms with Gasteiger partial charge in [0.25, 0.3) is 0 Å². The van der Waals surface area contributed by atoms with Gasteiger partial charge in [0.1, 0.15) is 5.25 Å². The van der Waals surface area contributed by atoms with Gasteiger partial charge in [0, 0.05) is 16.6 Å². The molecule has 0 radical (unpaired) electrons. The number of hydrogen-bond acceptors (Lipinski definition) is 3. The summed E-state index contributed by atoms with van der Waals surface area (Å²) >= 11 is 1.48. The van der Waals surface area contributed by atoms with Crippen molar-refractivity contribution < 1.29 is 9.90 Å². The van der Waals surface area contributed by atoms with Crippen LogP contribution in [0.15, 0.2) is 29.2 Å². The molecule has 0 saturated heterocycles. The molecule has 4 heteroatoms. The van der Waals surface area contributed by atoms with E-state index in [1.807, 2.05) is 12.1 Å². The lowest BCUT2D eigenvalue weighted by Crippen LogP contribution is -2.16. The van der Waals surface area contributed by atoms with Crippen molar-refractivity contribution in [1.29, 1.82) is 0 Å². The van der Waals surface area contributed by atoms with Crippen molar-refractivity contribution in [2.24, 2.45) is 0 Å². The van der Waals surface area contributed by atoms with Crippen LogP contribution in [0.2, 0.25) is 0 Å². The molecule has 1 atom stereocenters. The molecule has 128 valence electrons. The molecule has 2 rings (SSSR count). The van der Waals surface area contributed by atoms with E-state index in [2.05, 4.69) is 24.4 Å². The number of aliphatic carboxylic acids is 1. The Balaban J connectivity index is 1.82. The van der Waals surface area contributed by atoms with Crippen molar-refractivity contribution in [3.05, 3.63) is 24.3 Å². The third kappa shape index (κ3) is 6.46. The Morgan fingerprint density at radius 3 is 2.52 bits per heavy atom. The van der Waals surface area contributed by atoms with E-state index in [9.17, 15) is 9.90 Å². The Kier molecular flexibility index (Phi) is 7.80. The van der Waals surface area contributed by atoms with E-state index in [-0.39, 0.29) is 5.25 Å². The Morgan fingerprint density at radius 2 is 1.91 bits per heavy atom. The summed E-state index contributed by atoms with van der Waals surface area (Å²) in [5.74, 6) is -0.695. The SMILES string of the molecule is CCCCCCC(Sc1ccc(NC2CCCC2)cc1)C(=O)O. The molecule has 2 N–H and O–H groups in total. The summed E-state index contributed by atoms with van der Waals surface area (Å²) in [6, 6.07) is 8.86. The summed E-state index contributed by atoms with van der Waals surface area (Å²) in [6.07, 6.45) is 10.4. The first-order valence-corrected chi connectivity index (χ1v) is 9.83. The minimum atomic E-state index is -0.695. The summed E-state index contributed by atoms with van der Waals surface area (Å²) in [5.41, 5.74) is 1.15. The van der Waals surface area contributed by atoms with Crippen LogP contribution < -0.4 is 5.32 Å². The molecule has 0 amide bonds. The zero-order chi connectivity index (χ0) is 16.5. The lowest BCUT2D eigenvalue weighted by molar-refractivity contribution is -0.136. The number of nitrogens with one attached hydrogen (secondary N) is 1. The second-order valence-corrected chi connectivity index (χ2v) is 7.72. The molecule has 1 fully saturated rings. The fraction of sp³-hybridized carbons (Fsp3) is 0.632. The second kappa shape index (κ2) is 9.86. The molecule has 1 saturated carbocycles. The number of carboxylic acids is 1. The zero-order valence-electron chi connectivity index (χ0n) is 14.1. The summed E-state index contributed by atoms with van der Waals surface area (Å²) in [6.45, 7) is 2.17. The molecule has 23 heavy (non-hydrogen) atoms. The Morgan fingerprint density at radius 1 is 1.22 bits per heavy atom. The van der Waals surface area contributed by atoms with Gasteiger partial charge in [0.15, 0.2) is 0 Å². The van der Waals surface area contributed by atoms with Gasteiger partial charge in [-0.05, 0) is 43.5 Å². The Labute approximate surface area is 144 Å². The van der Waals surface area contributed by atoms with Crippen molar-refractivity contribution in [1.82, 2.24) is 0 Å². The zero-order valence-corrected chi connectivity index (χ0v) is 14.9. The van der Waals surface area contributed by atoms with E-state index in [1.165, 1.54) is 50.3 Å². The predicted octanol–water partition coefficient (Wildman–Crippen LogP) is 5.56. The van der Waals surface area contributed by atoms with Crippen molar-refractivity contribution in [2.45, 2.75) is 80.9 Å². The summed E-state index contributed by atoms with van der Waals surface area (Å²) in [7, 11) is 0. The normalized spacial score (nSPS) is 16.4. The highest BCUT2D eigenvalue weighted by molar-refractivity contribution is 8.00. The smallest absolute Gasteiger partial charge is 0.316 e. The fourth-order valence-electron chi connectivity index (χ4n) is 3.09. The topological polar surface area (TPSA) is 49.3 Å². The van der Waals surface area contributed by atoms with Crippen LogP contribution in [0, 0.1) is 0 Å². The number of thioether (sulfide) groups is 1. The van der Waals surface area contributed by atoms with E-state index < -0.39 is 5.97 Å². The van der Waals surface area contributed by atoms with Gasteiger partial charge in [-0.1, -0.05) is 45.4 Å². The van der Waals surface area contributed by atoms with Crippen LogP contribution in [0.25, 0.3) is 0 Å². The minimum absolute atomic E-state index is 0.333. The third-order valence-corrected chi connectivity index (χ3v) is 5.72. The average molecular weight is 336 g/mol. The standard InChI is InChI=1S/C19H29NO2S/c1-2-3-4-5-10-18(19(21)22)23-17-13-11-16(12-14-17)20-15-8-6-7-9-15/h11-15,18,20H,2-10H2,1H3,(H,21,22). The van der Waals surface area contributed by atoms with Gasteiger partial charge in [-0.15, -0.1) is 11.8 Å². The van der Waals surface area contributed by atoms with Crippen molar-refractivity contribution >= 4 is 23.4 Å². The minimum Gasteiger partial charge on any atom is -0.480 e. The van der Waals surface area contributed by atoms with E-state index in [4.69, 9.17) is 0 Å².